The van der Waals surface area contributed by atoms with E-state index in [-0.39, 0.29) is 24.0 Å². The molecule has 0 aromatic rings. The summed E-state index contributed by atoms with van der Waals surface area (Å²) in [5.41, 5.74) is 0.568. The van der Waals surface area contributed by atoms with Crippen LogP contribution in [0.5, 0.6) is 0 Å². The molecule has 5 heteroatoms. The maximum atomic E-state index is 5.11. The van der Waals surface area contributed by atoms with Crippen LogP contribution in [0, 0.1) is 5.41 Å². The molecule has 2 fully saturated rings. The molecule has 1 aliphatic carbocycles. The first-order chi connectivity index (χ1) is 10.3. The fourth-order valence-corrected chi connectivity index (χ4v) is 4.02. The van der Waals surface area contributed by atoms with Gasteiger partial charge in [-0.05, 0) is 37.5 Å². The fourth-order valence-electron chi connectivity index (χ4n) is 4.02. The minimum Gasteiger partial charge on any atom is -0.385 e. The predicted octanol–water partition coefficient (Wildman–Crippen LogP) is 3.65. The topological polar surface area (TPSA) is 36.9 Å². The average molecular weight is 423 g/mol. The van der Waals surface area contributed by atoms with Gasteiger partial charge in [0.05, 0.1) is 0 Å². The van der Waals surface area contributed by atoms with Crippen LogP contribution in [0.4, 0.5) is 0 Å². The first-order valence-electron chi connectivity index (χ1n) is 8.74. The molecule has 1 saturated carbocycles. The molecule has 1 N–H and O–H groups in total. The van der Waals surface area contributed by atoms with Gasteiger partial charge in [-0.15, -0.1) is 24.0 Å². The van der Waals surface area contributed by atoms with Crippen molar-refractivity contribution in [1.82, 2.24) is 10.2 Å². The standard InChI is InChI=1S/C17H33N3O.HI/c1-18-16(19-12-8-14-21-2)20-13-7-11-17(15-20)9-5-3-4-6-10-17;/h3-15H2,1-2H3,(H,18,19);1H. The third-order valence-electron chi connectivity index (χ3n) is 5.15. The van der Waals surface area contributed by atoms with E-state index >= 15 is 0 Å². The van der Waals surface area contributed by atoms with E-state index in [1.165, 1.54) is 57.9 Å². The van der Waals surface area contributed by atoms with Crippen molar-refractivity contribution in [2.45, 2.75) is 57.8 Å². The van der Waals surface area contributed by atoms with Crippen LogP contribution in [0.15, 0.2) is 4.99 Å². The molecule has 0 unspecified atom stereocenters. The smallest absolute Gasteiger partial charge is 0.193 e. The molecule has 0 radical (unpaired) electrons. The Balaban J connectivity index is 0.00000242. The monoisotopic (exact) mass is 423 g/mol. The highest BCUT2D eigenvalue weighted by Crippen LogP contribution is 2.42. The molecule has 0 aromatic heterocycles. The van der Waals surface area contributed by atoms with Crippen molar-refractivity contribution in [2.75, 3.05) is 40.4 Å². The van der Waals surface area contributed by atoms with E-state index in [0.29, 0.717) is 5.41 Å². The molecule has 0 bridgehead atoms. The molecule has 0 atom stereocenters. The minimum absolute atomic E-state index is 0. The number of hydrogen-bond donors (Lipinski definition) is 1. The summed E-state index contributed by atoms with van der Waals surface area (Å²) in [6.07, 6.45) is 12.3. The normalized spacial score (nSPS) is 22.1. The third-order valence-corrected chi connectivity index (χ3v) is 5.15. The number of piperidine rings is 1. The SMILES string of the molecule is CN=C(NCCCOC)N1CCCC2(CCCCCC2)C1.I. The van der Waals surface area contributed by atoms with Crippen LogP contribution in [-0.4, -0.2) is 51.3 Å². The molecule has 1 aliphatic heterocycles. The molecular formula is C17H34IN3O. The number of aliphatic imine (C=N–C) groups is 1. The number of rotatable bonds is 4. The van der Waals surface area contributed by atoms with Crippen LogP contribution in [0.3, 0.4) is 0 Å². The van der Waals surface area contributed by atoms with Crippen molar-refractivity contribution in [2.24, 2.45) is 10.4 Å². The molecule has 2 aliphatic rings. The lowest BCUT2D eigenvalue weighted by molar-refractivity contribution is 0.115. The number of nitrogens with zero attached hydrogens (tertiary/aromatic N) is 2. The van der Waals surface area contributed by atoms with Crippen molar-refractivity contribution in [1.29, 1.82) is 0 Å². The second-order valence-corrected chi connectivity index (χ2v) is 6.76. The van der Waals surface area contributed by atoms with E-state index in [1.54, 1.807) is 7.11 Å². The van der Waals surface area contributed by atoms with Crippen molar-refractivity contribution in [3.05, 3.63) is 0 Å². The Morgan fingerprint density at radius 3 is 2.45 bits per heavy atom. The molecule has 1 saturated heterocycles. The summed E-state index contributed by atoms with van der Waals surface area (Å²) >= 11 is 0. The highest BCUT2D eigenvalue weighted by molar-refractivity contribution is 14.0. The van der Waals surface area contributed by atoms with Gasteiger partial charge in [0, 0.05) is 40.4 Å². The van der Waals surface area contributed by atoms with Crippen LogP contribution in [0.1, 0.15) is 57.8 Å². The largest absolute Gasteiger partial charge is 0.385 e. The Kier molecular flexibility index (Phi) is 9.71. The van der Waals surface area contributed by atoms with E-state index in [1.807, 2.05) is 7.05 Å². The number of hydrogen-bond acceptors (Lipinski definition) is 2. The van der Waals surface area contributed by atoms with Gasteiger partial charge in [0.25, 0.3) is 0 Å². The molecule has 1 spiro atoms. The highest BCUT2D eigenvalue weighted by atomic mass is 127. The van der Waals surface area contributed by atoms with E-state index in [4.69, 9.17) is 4.74 Å². The minimum atomic E-state index is 0. The van der Waals surface area contributed by atoms with Gasteiger partial charge < -0.3 is 15.0 Å². The van der Waals surface area contributed by atoms with Gasteiger partial charge in [-0.3, -0.25) is 4.99 Å². The molecule has 2 rings (SSSR count). The lowest BCUT2D eigenvalue weighted by Crippen LogP contribution is -2.50. The number of halogens is 1. The summed E-state index contributed by atoms with van der Waals surface area (Å²) in [6.45, 7) is 4.13. The second-order valence-electron chi connectivity index (χ2n) is 6.76. The molecule has 130 valence electrons. The van der Waals surface area contributed by atoms with Crippen molar-refractivity contribution in [3.8, 4) is 0 Å². The van der Waals surface area contributed by atoms with Gasteiger partial charge in [-0.1, -0.05) is 25.7 Å². The van der Waals surface area contributed by atoms with Crippen LogP contribution in [0.2, 0.25) is 0 Å². The van der Waals surface area contributed by atoms with E-state index < -0.39 is 0 Å². The number of likely N-dealkylation sites (tertiary alicyclic amines) is 1. The third kappa shape index (κ3) is 5.87. The zero-order chi connectivity index (χ0) is 15.0. The highest BCUT2D eigenvalue weighted by Gasteiger charge is 2.36. The second kappa shape index (κ2) is 10.7. The summed E-state index contributed by atoms with van der Waals surface area (Å²) in [7, 11) is 3.67. The number of guanidine groups is 1. The number of ether oxygens (including phenoxy) is 1. The van der Waals surface area contributed by atoms with Crippen molar-refractivity contribution >= 4 is 29.9 Å². The summed E-state index contributed by atoms with van der Waals surface area (Å²) in [4.78, 5) is 7.00. The number of nitrogens with one attached hydrogen (secondary N) is 1. The van der Waals surface area contributed by atoms with Gasteiger partial charge >= 0.3 is 0 Å². The van der Waals surface area contributed by atoms with Gasteiger partial charge in [0.15, 0.2) is 5.96 Å². The van der Waals surface area contributed by atoms with E-state index in [2.05, 4.69) is 15.2 Å². The predicted molar refractivity (Wildman–Crippen MR) is 104 cm³/mol. The zero-order valence-corrected chi connectivity index (χ0v) is 16.7. The van der Waals surface area contributed by atoms with Crippen LogP contribution < -0.4 is 5.32 Å². The average Bonchev–Trinajstić information content (AvgIpc) is 2.73. The Morgan fingerprint density at radius 1 is 1.14 bits per heavy atom. The first-order valence-corrected chi connectivity index (χ1v) is 8.74. The van der Waals surface area contributed by atoms with Gasteiger partial charge in [0.2, 0.25) is 0 Å². The molecule has 22 heavy (non-hydrogen) atoms. The van der Waals surface area contributed by atoms with Crippen LogP contribution in [-0.2, 0) is 4.74 Å². The fraction of sp³-hybridized carbons (Fsp3) is 0.941. The molecule has 0 amide bonds. The lowest BCUT2D eigenvalue weighted by atomic mass is 9.74. The van der Waals surface area contributed by atoms with Crippen LogP contribution in [0.25, 0.3) is 0 Å². The molecular weight excluding hydrogens is 389 g/mol. The molecule has 4 nitrogen and oxygen atoms in total. The summed E-state index contributed by atoms with van der Waals surface area (Å²) in [5.74, 6) is 1.09. The van der Waals surface area contributed by atoms with Crippen molar-refractivity contribution in [3.63, 3.8) is 0 Å². The van der Waals surface area contributed by atoms with Gasteiger partial charge in [-0.2, -0.15) is 0 Å². The Labute approximate surface area is 153 Å². The quantitative estimate of drug-likeness (QED) is 0.325. The summed E-state index contributed by atoms with van der Waals surface area (Å²) in [6, 6.07) is 0. The Morgan fingerprint density at radius 2 is 1.82 bits per heavy atom. The number of methoxy groups -OCH3 is 1. The van der Waals surface area contributed by atoms with E-state index in [0.717, 1.165) is 32.1 Å². The van der Waals surface area contributed by atoms with E-state index in [9.17, 15) is 0 Å². The maximum Gasteiger partial charge on any atom is 0.193 e. The molecule has 1 heterocycles. The molecule has 0 aromatic carbocycles. The summed E-state index contributed by atoms with van der Waals surface area (Å²) < 4.78 is 5.11. The first kappa shape index (κ1) is 20.0. The zero-order valence-electron chi connectivity index (χ0n) is 14.4. The van der Waals surface area contributed by atoms with Crippen LogP contribution >= 0.6 is 24.0 Å². The Hall–Kier alpha value is -0.0400. The summed E-state index contributed by atoms with van der Waals surface area (Å²) in [5, 5.41) is 3.51. The van der Waals surface area contributed by atoms with Crippen molar-refractivity contribution < 1.29 is 4.74 Å². The van der Waals surface area contributed by atoms with Gasteiger partial charge in [0.1, 0.15) is 0 Å². The van der Waals surface area contributed by atoms with Gasteiger partial charge in [-0.25, -0.2) is 0 Å². The Bertz CT molecular complexity index is 328. The maximum absolute atomic E-state index is 5.11. The lowest BCUT2D eigenvalue weighted by Gasteiger charge is -2.44.